The molecule has 0 radical (unpaired) electrons. The fourth-order valence-corrected chi connectivity index (χ4v) is 2.70. The van der Waals surface area contributed by atoms with Gasteiger partial charge in [-0.3, -0.25) is 0 Å². The molecule has 0 aliphatic heterocycles. The summed E-state index contributed by atoms with van der Waals surface area (Å²) >= 11 is 0. The summed E-state index contributed by atoms with van der Waals surface area (Å²) in [4.78, 5) is 4.55. The maximum Gasteiger partial charge on any atom is 0.237 e. The van der Waals surface area contributed by atoms with E-state index in [1.807, 2.05) is 31.2 Å². The van der Waals surface area contributed by atoms with Crippen LogP contribution in [0.3, 0.4) is 0 Å². The first-order valence-electron chi connectivity index (χ1n) is 7.51. The lowest BCUT2D eigenvalue weighted by molar-refractivity contribution is 0.360. The largest absolute Gasteiger partial charge is 0.497 e. The molecule has 116 valence electrons. The van der Waals surface area contributed by atoms with Crippen molar-refractivity contribution in [1.29, 1.82) is 0 Å². The number of aromatic nitrogens is 4. The molecule has 1 fully saturated rings. The van der Waals surface area contributed by atoms with Crippen molar-refractivity contribution < 1.29 is 9.26 Å². The SMILES string of the molecule is COc1ccc(C2(c3nc(-c4ccc(C)nn4)no3)CC2)cc1. The summed E-state index contributed by atoms with van der Waals surface area (Å²) in [7, 11) is 1.66. The van der Waals surface area contributed by atoms with Crippen LogP contribution in [0.15, 0.2) is 40.9 Å². The standard InChI is InChI=1S/C17H16N4O2/c1-11-3-8-14(20-19-11)15-18-16(23-21-15)17(9-10-17)12-4-6-13(22-2)7-5-12/h3-8H,9-10H2,1-2H3. The predicted molar refractivity (Wildman–Crippen MR) is 83.1 cm³/mol. The highest BCUT2D eigenvalue weighted by Gasteiger charge is 2.51. The number of ether oxygens (including phenoxy) is 1. The van der Waals surface area contributed by atoms with Gasteiger partial charge in [-0.15, -0.1) is 5.10 Å². The van der Waals surface area contributed by atoms with Crippen molar-refractivity contribution in [3.8, 4) is 17.3 Å². The molecule has 6 heteroatoms. The van der Waals surface area contributed by atoms with E-state index in [4.69, 9.17) is 9.26 Å². The molecule has 2 aromatic heterocycles. The lowest BCUT2D eigenvalue weighted by atomic mass is 9.96. The first-order chi connectivity index (χ1) is 11.2. The van der Waals surface area contributed by atoms with Crippen molar-refractivity contribution in [2.45, 2.75) is 25.2 Å². The van der Waals surface area contributed by atoms with E-state index in [1.165, 1.54) is 5.56 Å². The Morgan fingerprint density at radius 3 is 2.43 bits per heavy atom. The first-order valence-corrected chi connectivity index (χ1v) is 7.51. The van der Waals surface area contributed by atoms with Gasteiger partial charge in [-0.1, -0.05) is 17.3 Å². The van der Waals surface area contributed by atoms with Crippen molar-refractivity contribution in [1.82, 2.24) is 20.3 Å². The Morgan fingerprint density at radius 2 is 1.83 bits per heavy atom. The third-order valence-corrected chi connectivity index (χ3v) is 4.25. The van der Waals surface area contributed by atoms with Crippen molar-refractivity contribution in [3.63, 3.8) is 0 Å². The Morgan fingerprint density at radius 1 is 1.04 bits per heavy atom. The topological polar surface area (TPSA) is 73.9 Å². The van der Waals surface area contributed by atoms with E-state index in [-0.39, 0.29) is 5.41 Å². The normalized spacial score (nSPS) is 15.4. The van der Waals surface area contributed by atoms with E-state index in [1.54, 1.807) is 7.11 Å². The van der Waals surface area contributed by atoms with E-state index in [9.17, 15) is 0 Å². The van der Waals surface area contributed by atoms with Crippen LogP contribution in [-0.2, 0) is 5.41 Å². The van der Waals surface area contributed by atoms with E-state index in [2.05, 4.69) is 32.5 Å². The fourth-order valence-electron chi connectivity index (χ4n) is 2.70. The van der Waals surface area contributed by atoms with Crippen LogP contribution < -0.4 is 4.74 Å². The highest BCUT2D eigenvalue weighted by atomic mass is 16.5. The number of nitrogens with zero attached hydrogens (tertiary/aromatic N) is 4. The second-order valence-corrected chi connectivity index (χ2v) is 5.79. The van der Waals surface area contributed by atoms with E-state index in [0.717, 1.165) is 24.3 Å². The minimum Gasteiger partial charge on any atom is -0.497 e. The molecule has 1 aliphatic rings. The smallest absolute Gasteiger partial charge is 0.237 e. The maximum absolute atomic E-state index is 5.53. The Bertz CT molecular complexity index is 821. The van der Waals surface area contributed by atoms with Crippen LogP contribution in [0.2, 0.25) is 0 Å². The van der Waals surface area contributed by atoms with Crippen LogP contribution in [0.1, 0.15) is 30.0 Å². The van der Waals surface area contributed by atoms with Crippen LogP contribution >= 0.6 is 0 Å². The quantitative estimate of drug-likeness (QED) is 0.738. The van der Waals surface area contributed by atoms with Gasteiger partial charge in [-0.25, -0.2) is 0 Å². The van der Waals surface area contributed by atoms with Gasteiger partial charge < -0.3 is 9.26 Å². The van der Waals surface area contributed by atoms with Gasteiger partial charge >= 0.3 is 0 Å². The van der Waals surface area contributed by atoms with Gasteiger partial charge in [0, 0.05) is 0 Å². The number of methoxy groups -OCH3 is 1. The molecule has 1 aliphatic carbocycles. The van der Waals surface area contributed by atoms with E-state index < -0.39 is 0 Å². The van der Waals surface area contributed by atoms with Gasteiger partial charge in [-0.2, -0.15) is 10.1 Å². The molecule has 4 rings (SSSR count). The molecule has 0 spiro atoms. The van der Waals surface area contributed by atoms with Gasteiger partial charge in [-0.05, 0) is 49.6 Å². The van der Waals surface area contributed by atoms with Crippen molar-refractivity contribution in [3.05, 3.63) is 53.5 Å². The Balaban J connectivity index is 1.66. The monoisotopic (exact) mass is 308 g/mol. The number of hydrogen-bond acceptors (Lipinski definition) is 6. The zero-order chi connectivity index (χ0) is 15.9. The molecule has 1 aromatic carbocycles. The molecule has 1 saturated carbocycles. The van der Waals surface area contributed by atoms with Crippen LogP contribution in [-0.4, -0.2) is 27.4 Å². The number of benzene rings is 1. The molecule has 0 N–H and O–H groups in total. The lowest BCUT2D eigenvalue weighted by Gasteiger charge is -2.11. The molecule has 23 heavy (non-hydrogen) atoms. The summed E-state index contributed by atoms with van der Waals surface area (Å²) in [5.74, 6) is 1.96. The van der Waals surface area contributed by atoms with Crippen LogP contribution in [0.4, 0.5) is 0 Å². The molecule has 3 aromatic rings. The third kappa shape index (κ3) is 2.36. The second-order valence-electron chi connectivity index (χ2n) is 5.79. The molecule has 0 atom stereocenters. The summed E-state index contributed by atoms with van der Waals surface area (Å²) in [6, 6.07) is 11.8. The van der Waals surface area contributed by atoms with Crippen molar-refractivity contribution in [2.24, 2.45) is 0 Å². The molecule has 0 unspecified atom stereocenters. The van der Waals surface area contributed by atoms with E-state index >= 15 is 0 Å². The van der Waals surface area contributed by atoms with Crippen molar-refractivity contribution in [2.75, 3.05) is 7.11 Å². The summed E-state index contributed by atoms with van der Waals surface area (Å²) in [5, 5.41) is 12.2. The minimum absolute atomic E-state index is 0.171. The summed E-state index contributed by atoms with van der Waals surface area (Å²) in [6.45, 7) is 1.89. The average Bonchev–Trinajstić information content (AvgIpc) is 3.26. The van der Waals surface area contributed by atoms with Gasteiger partial charge in [0.15, 0.2) is 0 Å². The highest BCUT2D eigenvalue weighted by molar-refractivity contribution is 5.49. The average molecular weight is 308 g/mol. The lowest BCUT2D eigenvalue weighted by Crippen LogP contribution is -2.09. The number of hydrogen-bond donors (Lipinski definition) is 0. The summed E-state index contributed by atoms with van der Waals surface area (Å²) in [5.41, 5.74) is 2.48. The number of aryl methyl sites for hydroxylation is 1. The zero-order valence-corrected chi connectivity index (χ0v) is 13.0. The van der Waals surface area contributed by atoms with Crippen LogP contribution in [0.25, 0.3) is 11.5 Å². The first kappa shape index (κ1) is 13.9. The molecule has 0 amide bonds. The Hall–Kier alpha value is -2.76. The molecular weight excluding hydrogens is 292 g/mol. The third-order valence-electron chi connectivity index (χ3n) is 4.25. The number of rotatable bonds is 4. The highest BCUT2D eigenvalue weighted by Crippen LogP contribution is 2.53. The van der Waals surface area contributed by atoms with Gasteiger partial charge in [0.25, 0.3) is 0 Å². The molecule has 2 heterocycles. The van der Waals surface area contributed by atoms with Crippen molar-refractivity contribution >= 4 is 0 Å². The van der Waals surface area contributed by atoms with Gasteiger partial charge in [0.05, 0.1) is 18.2 Å². The Labute approximate surface area is 133 Å². The van der Waals surface area contributed by atoms with Crippen LogP contribution in [0.5, 0.6) is 5.75 Å². The summed E-state index contributed by atoms with van der Waals surface area (Å²) in [6.07, 6.45) is 2.00. The minimum atomic E-state index is -0.171. The second kappa shape index (κ2) is 5.15. The zero-order valence-electron chi connectivity index (χ0n) is 13.0. The maximum atomic E-state index is 5.53. The van der Waals surface area contributed by atoms with Gasteiger partial charge in [0.2, 0.25) is 11.7 Å². The van der Waals surface area contributed by atoms with Crippen LogP contribution in [0, 0.1) is 6.92 Å². The molecule has 6 nitrogen and oxygen atoms in total. The Kier molecular flexibility index (Phi) is 3.11. The van der Waals surface area contributed by atoms with Gasteiger partial charge in [0.1, 0.15) is 11.4 Å². The molecular formula is C17H16N4O2. The fraction of sp³-hybridized carbons (Fsp3) is 0.294. The molecule has 0 bridgehead atoms. The summed E-state index contributed by atoms with van der Waals surface area (Å²) < 4.78 is 10.7. The molecule has 0 saturated heterocycles. The predicted octanol–water partition coefficient (Wildman–Crippen LogP) is 2.92. The van der Waals surface area contributed by atoms with E-state index in [0.29, 0.717) is 17.4 Å².